The molecule has 3 fully saturated rings. The van der Waals surface area contributed by atoms with Crippen LogP contribution in [0.5, 0.6) is 0 Å². The first kappa shape index (κ1) is 21.0. The summed E-state index contributed by atoms with van der Waals surface area (Å²) < 4.78 is 38.6. The van der Waals surface area contributed by atoms with E-state index in [1.165, 1.54) is 12.1 Å². The lowest BCUT2D eigenvalue weighted by molar-refractivity contribution is -0.139. The maximum absolute atomic E-state index is 13.5. The highest BCUT2D eigenvalue weighted by atomic mass is 19.4. The molecule has 0 aromatic heterocycles. The molecule has 1 aromatic rings. The van der Waals surface area contributed by atoms with Gasteiger partial charge in [-0.05, 0) is 69.2 Å². The minimum atomic E-state index is -4.34. The Morgan fingerprint density at radius 3 is 2.40 bits per heavy atom. The van der Waals surface area contributed by atoms with E-state index in [1.807, 2.05) is 0 Å². The van der Waals surface area contributed by atoms with Gasteiger partial charge in [0.15, 0.2) is 0 Å². The minimum absolute atomic E-state index is 0.229. The third kappa shape index (κ3) is 4.01. The SMILES string of the molecule is [C-]#[N+]CC1CCC(N2CCC3(CCCN(c4ccc(C(F)(F)F)cc4)C3)C2=O)CC1. The number of piperidine rings is 1. The van der Waals surface area contributed by atoms with Crippen LogP contribution in [0.4, 0.5) is 18.9 Å². The Morgan fingerprint density at radius 2 is 1.77 bits per heavy atom. The zero-order valence-corrected chi connectivity index (χ0v) is 17.1. The van der Waals surface area contributed by atoms with E-state index >= 15 is 0 Å². The number of nitrogens with zero attached hydrogens (tertiary/aromatic N) is 3. The van der Waals surface area contributed by atoms with Gasteiger partial charge in [-0.1, -0.05) is 0 Å². The topological polar surface area (TPSA) is 27.9 Å². The summed E-state index contributed by atoms with van der Waals surface area (Å²) in [6, 6.07) is 5.58. The van der Waals surface area contributed by atoms with Gasteiger partial charge in [-0.3, -0.25) is 4.79 Å². The predicted molar refractivity (Wildman–Crippen MR) is 109 cm³/mol. The molecule has 2 saturated heterocycles. The number of rotatable bonds is 3. The van der Waals surface area contributed by atoms with Crippen LogP contribution in [0.3, 0.4) is 0 Å². The van der Waals surface area contributed by atoms with Crippen molar-refractivity contribution in [2.24, 2.45) is 11.3 Å². The number of halogens is 3. The maximum Gasteiger partial charge on any atom is 0.416 e. The van der Waals surface area contributed by atoms with Crippen LogP contribution in [0, 0.1) is 17.9 Å². The quantitative estimate of drug-likeness (QED) is 0.645. The summed E-state index contributed by atoms with van der Waals surface area (Å²) in [5, 5.41) is 0. The molecule has 1 unspecified atom stereocenters. The standard InChI is InChI=1S/C23H28F3N3O/c1-27-15-17-3-7-20(8-4-17)29-14-12-22(21(29)30)11-2-13-28(16-22)19-9-5-18(6-10-19)23(24,25)26/h5-6,9-10,17,20H,2-4,7-8,11-16H2. The molecule has 7 heteroatoms. The summed E-state index contributed by atoms with van der Waals surface area (Å²) in [5.74, 6) is 0.697. The molecule has 4 rings (SSSR count). The van der Waals surface area contributed by atoms with Crippen LogP contribution < -0.4 is 4.90 Å². The highest BCUT2D eigenvalue weighted by Gasteiger charge is 2.50. The molecule has 2 heterocycles. The molecule has 0 radical (unpaired) electrons. The lowest BCUT2D eigenvalue weighted by Crippen LogP contribution is -2.50. The Hall–Kier alpha value is -2.23. The first-order valence-electron chi connectivity index (χ1n) is 10.9. The Labute approximate surface area is 175 Å². The monoisotopic (exact) mass is 419 g/mol. The molecule has 162 valence electrons. The molecule has 1 aromatic carbocycles. The van der Waals surface area contributed by atoms with Crippen molar-refractivity contribution in [2.45, 2.75) is 57.2 Å². The Bertz CT molecular complexity index is 808. The van der Waals surface area contributed by atoms with Gasteiger partial charge >= 0.3 is 6.18 Å². The van der Waals surface area contributed by atoms with E-state index in [9.17, 15) is 18.0 Å². The van der Waals surface area contributed by atoms with Gasteiger partial charge in [-0.2, -0.15) is 13.2 Å². The second kappa shape index (κ2) is 8.13. The average molecular weight is 419 g/mol. The van der Waals surface area contributed by atoms with E-state index < -0.39 is 17.2 Å². The first-order valence-corrected chi connectivity index (χ1v) is 10.9. The van der Waals surface area contributed by atoms with Crippen molar-refractivity contribution in [3.05, 3.63) is 41.2 Å². The summed E-state index contributed by atoms with van der Waals surface area (Å²) in [4.78, 5) is 21.1. The number of anilines is 1. The molecule has 2 aliphatic heterocycles. The van der Waals surface area contributed by atoms with Gasteiger partial charge in [0.2, 0.25) is 12.5 Å². The minimum Gasteiger partial charge on any atom is -0.370 e. The van der Waals surface area contributed by atoms with Gasteiger partial charge in [0, 0.05) is 37.3 Å². The Morgan fingerprint density at radius 1 is 1.07 bits per heavy atom. The molecule has 0 bridgehead atoms. The number of hydrogen-bond acceptors (Lipinski definition) is 2. The summed E-state index contributed by atoms with van der Waals surface area (Å²) in [5.41, 5.74) is -0.295. The van der Waals surface area contributed by atoms with Crippen molar-refractivity contribution < 1.29 is 18.0 Å². The number of alkyl halides is 3. The van der Waals surface area contributed by atoms with Crippen molar-refractivity contribution in [1.29, 1.82) is 0 Å². The van der Waals surface area contributed by atoms with Gasteiger partial charge in [0.05, 0.1) is 11.0 Å². The molecular formula is C23H28F3N3O. The summed E-state index contributed by atoms with van der Waals surface area (Å²) in [6.07, 6.45) is 2.20. The molecule has 1 atom stereocenters. The molecule has 1 spiro atoms. The zero-order chi connectivity index (χ0) is 21.4. The van der Waals surface area contributed by atoms with Crippen molar-refractivity contribution in [2.75, 3.05) is 31.1 Å². The van der Waals surface area contributed by atoms with Crippen molar-refractivity contribution in [3.8, 4) is 0 Å². The van der Waals surface area contributed by atoms with Gasteiger partial charge < -0.3 is 14.6 Å². The van der Waals surface area contributed by atoms with Gasteiger partial charge in [-0.25, -0.2) is 6.57 Å². The number of carbonyl (C=O) groups is 1. The van der Waals surface area contributed by atoms with E-state index in [1.54, 1.807) is 0 Å². The van der Waals surface area contributed by atoms with Crippen LogP contribution in [0.15, 0.2) is 24.3 Å². The van der Waals surface area contributed by atoms with E-state index in [2.05, 4.69) is 14.6 Å². The molecule has 3 aliphatic rings. The molecule has 4 nitrogen and oxygen atoms in total. The fourth-order valence-electron chi connectivity index (χ4n) is 5.56. The van der Waals surface area contributed by atoms with Crippen LogP contribution in [-0.2, 0) is 11.0 Å². The third-order valence-corrected chi connectivity index (χ3v) is 7.29. The van der Waals surface area contributed by atoms with Crippen molar-refractivity contribution >= 4 is 11.6 Å². The molecule has 0 N–H and O–H groups in total. The molecular weight excluding hydrogens is 391 g/mol. The van der Waals surface area contributed by atoms with Crippen LogP contribution in [0.25, 0.3) is 4.85 Å². The summed E-state index contributed by atoms with van der Waals surface area (Å²) in [6.45, 7) is 9.77. The van der Waals surface area contributed by atoms with E-state index in [0.29, 0.717) is 19.0 Å². The first-order chi connectivity index (χ1) is 14.3. The summed E-state index contributed by atoms with van der Waals surface area (Å²) in [7, 11) is 0. The fraction of sp³-hybridized carbons (Fsp3) is 0.652. The van der Waals surface area contributed by atoms with Gasteiger partial charge in [0.1, 0.15) is 0 Å². The molecule has 1 saturated carbocycles. The Balaban J connectivity index is 1.42. The smallest absolute Gasteiger partial charge is 0.370 e. The van der Waals surface area contributed by atoms with Crippen LogP contribution in [0.2, 0.25) is 0 Å². The average Bonchev–Trinajstić information content (AvgIpc) is 3.04. The van der Waals surface area contributed by atoms with Gasteiger partial charge in [-0.15, -0.1) is 0 Å². The normalized spacial score (nSPS) is 30.0. The van der Waals surface area contributed by atoms with E-state index in [-0.39, 0.29) is 11.9 Å². The number of amides is 1. The van der Waals surface area contributed by atoms with Crippen LogP contribution >= 0.6 is 0 Å². The third-order valence-electron chi connectivity index (χ3n) is 7.29. The maximum atomic E-state index is 13.5. The van der Waals surface area contributed by atoms with Crippen molar-refractivity contribution in [3.63, 3.8) is 0 Å². The summed E-state index contributed by atoms with van der Waals surface area (Å²) >= 11 is 0. The highest BCUT2D eigenvalue weighted by molar-refractivity contribution is 5.86. The largest absolute Gasteiger partial charge is 0.416 e. The number of benzene rings is 1. The van der Waals surface area contributed by atoms with E-state index in [4.69, 9.17) is 6.57 Å². The van der Waals surface area contributed by atoms with Crippen LogP contribution in [0.1, 0.15) is 50.5 Å². The number of carbonyl (C=O) groups excluding carboxylic acids is 1. The van der Waals surface area contributed by atoms with Crippen LogP contribution in [-0.4, -0.2) is 43.0 Å². The Kier molecular flexibility index (Phi) is 5.69. The highest BCUT2D eigenvalue weighted by Crippen LogP contribution is 2.44. The lowest BCUT2D eigenvalue weighted by Gasteiger charge is -2.41. The van der Waals surface area contributed by atoms with E-state index in [0.717, 1.165) is 75.9 Å². The fourth-order valence-corrected chi connectivity index (χ4v) is 5.56. The molecule has 1 aliphatic carbocycles. The molecule has 1 amide bonds. The second-order valence-corrected chi connectivity index (χ2v) is 9.11. The number of hydrogen-bond donors (Lipinski definition) is 0. The second-order valence-electron chi connectivity index (χ2n) is 9.11. The number of likely N-dealkylation sites (tertiary alicyclic amines) is 1. The molecule has 30 heavy (non-hydrogen) atoms. The van der Waals surface area contributed by atoms with Crippen molar-refractivity contribution in [1.82, 2.24) is 4.90 Å². The zero-order valence-electron chi connectivity index (χ0n) is 17.1. The predicted octanol–water partition coefficient (Wildman–Crippen LogP) is 5.00. The van der Waals surface area contributed by atoms with Gasteiger partial charge in [0.25, 0.3) is 0 Å². The lowest BCUT2D eigenvalue weighted by atomic mass is 9.78.